The van der Waals surface area contributed by atoms with Crippen molar-refractivity contribution in [1.82, 2.24) is 0 Å². The zero-order valence-electron chi connectivity index (χ0n) is 25.2. The second-order valence-corrected chi connectivity index (χ2v) is 12.5. The molecule has 0 rings (SSSR count). The predicted octanol–water partition coefficient (Wildman–Crippen LogP) is 7.96. The molecule has 0 aromatic heterocycles. The van der Waals surface area contributed by atoms with Crippen molar-refractivity contribution < 1.29 is 33.8 Å². The maximum atomic E-state index is 12.6. The van der Waals surface area contributed by atoms with Gasteiger partial charge in [0.05, 0.1) is 0 Å². The molecule has 0 unspecified atom stereocenters. The van der Waals surface area contributed by atoms with E-state index in [1.807, 2.05) is 20.8 Å². The molecule has 7 nitrogen and oxygen atoms in total. The largest absolute Gasteiger partial charge is 0.481 e. The molecule has 0 heterocycles. The van der Waals surface area contributed by atoms with Gasteiger partial charge in [0.25, 0.3) is 0 Å². The number of hydrogen-bond acceptors (Lipinski definition) is 6. The van der Waals surface area contributed by atoms with Crippen molar-refractivity contribution in [3.63, 3.8) is 0 Å². The highest BCUT2D eigenvalue weighted by atomic mass is 16.6. The van der Waals surface area contributed by atoms with E-state index in [4.69, 9.17) is 14.6 Å². The zero-order valence-corrected chi connectivity index (χ0v) is 25.2. The Morgan fingerprint density at radius 1 is 0.553 bits per heavy atom. The lowest BCUT2D eigenvalue weighted by Crippen LogP contribution is -2.33. The van der Waals surface area contributed by atoms with E-state index in [1.54, 1.807) is 20.8 Å². The third-order valence-corrected chi connectivity index (χ3v) is 6.20. The first-order chi connectivity index (χ1) is 17.7. The van der Waals surface area contributed by atoms with Crippen molar-refractivity contribution in [2.45, 2.75) is 168 Å². The molecule has 0 aliphatic heterocycles. The maximum Gasteiger partial charge on any atom is 0.317 e. The smallest absolute Gasteiger partial charge is 0.317 e. The van der Waals surface area contributed by atoms with Gasteiger partial charge in [-0.1, -0.05) is 77.0 Å². The number of Topliss-reactive ketones (excluding diaryl/α,β-unsaturated/α-hetero) is 1. The van der Waals surface area contributed by atoms with Crippen LogP contribution in [0.4, 0.5) is 0 Å². The van der Waals surface area contributed by atoms with Gasteiger partial charge in [0.2, 0.25) is 0 Å². The van der Waals surface area contributed by atoms with Gasteiger partial charge < -0.3 is 14.6 Å². The minimum Gasteiger partial charge on any atom is -0.481 e. The summed E-state index contributed by atoms with van der Waals surface area (Å²) in [6.45, 7) is 10.9. The first-order valence-electron chi connectivity index (χ1n) is 14.9. The van der Waals surface area contributed by atoms with Crippen LogP contribution in [0.25, 0.3) is 0 Å². The van der Waals surface area contributed by atoms with E-state index in [2.05, 4.69) is 0 Å². The summed E-state index contributed by atoms with van der Waals surface area (Å²) in [6.07, 6.45) is 16.4. The number of carbonyl (C=O) groups is 4. The predicted molar refractivity (Wildman–Crippen MR) is 151 cm³/mol. The Balaban J connectivity index is 3.73. The normalized spacial score (nSPS) is 12.7. The molecule has 1 N–H and O–H groups in total. The van der Waals surface area contributed by atoms with E-state index < -0.39 is 29.1 Å². The van der Waals surface area contributed by atoms with Gasteiger partial charge in [0.15, 0.2) is 0 Å². The minimum absolute atomic E-state index is 0.00280. The third kappa shape index (κ3) is 23.2. The molecule has 0 aromatic carbocycles. The summed E-state index contributed by atoms with van der Waals surface area (Å²) in [6, 6.07) is 0. The molecule has 0 bridgehead atoms. The number of carboxylic acids is 1. The second-order valence-electron chi connectivity index (χ2n) is 12.5. The van der Waals surface area contributed by atoms with Gasteiger partial charge in [0.1, 0.15) is 22.9 Å². The number of carboxylic acid groups (broad SMARTS) is 1. The van der Waals surface area contributed by atoms with Crippen molar-refractivity contribution in [2.75, 3.05) is 0 Å². The van der Waals surface area contributed by atoms with Crippen LogP contribution in [0.2, 0.25) is 0 Å². The molecule has 7 heteroatoms. The number of esters is 2. The average molecular weight is 541 g/mol. The Hall–Kier alpha value is -1.92. The number of hydrogen-bond donors (Lipinski definition) is 1. The van der Waals surface area contributed by atoms with Crippen LogP contribution in [0.15, 0.2) is 0 Å². The third-order valence-electron chi connectivity index (χ3n) is 6.20. The summed E-state index contributed by atoms with van der Waals surface area (Å²) in [5.41, 5.74) is -1.10. The van der Waals surface area contributed by atoms with Crippen LogP contribution >= 0.6 is 0 Å². The molecule has 0 aliphatic carbocycles. The number of unbranched alkanes of at least 4 members (excludes halogenated alkanes) is 13. The Kier molecular flexibility index (Phi) is 19.0. The Morgan fingerprint density at radius 3 is 1.29 bits per heavy atom. The molecule has 0 amide bonds. The van der Waals surface area contributed by atoms with Crippen LogP contribution in [0, 0.1) is 5.92 Å². The summed E-state index contributed by atoms with van der Waals surface area (Å²) in [5, 5.41) is 8.94. The highest BCUT2D eigenvalue weighted by molar-refractivity contribution is 5.99. The van der Waals surface area contributed by atoms with Crippen molar-refractivity contribution in [1.29, 1.82) is 0 Å². The van der Waals surface area contributed by atoms with Crippen LogP contribution < -0.4 is 0 Å². The SMILES string of the molecule is CC(C)(C)OC(=O)CCCCCCCCCCCCCCCCC(=O)[C@H](CCC(=O)O)C(=O)OC(C)(C)C. The summed E-state index contributed by atoms with van der Waals surface area (Å²) in [4.78, 5) is 47.6. The van der Waals surface area contributed by atoms with E-state index in [9.17, 15) is 19.2 Å². The fourth-order valence-corrected chi connectivity index (χ4v) is 4.31. The van der Waals surface area contributed by atoms with Gasteiger partial charge in [0, 0.05) is 19.3 Å². The zero-order chi connectivity index (χ0) is 29.0. The van der Waals surface area contributed by atoms with Gasteiger partial charge in [-0.05, 0) is 60.8 Å². The van der Waals surface area contributed by atoms with E-state index >= 15 is 0 Å². The average Bonchev–Trinajstić information content (AvgIpc) is 2.76. The first-order valence-corrected chi connectivity index (χ1v) is 14.9. The monoisotopic (exact) mass is 540 g/mol. The highest BCUT2D eigenvalue weighted by Gasteiger charge is 2.31. The number of carbonyl (C=O) groups excluding carboxylic acids is 3. The minimum atomic E-state index is -1.02. The quantitative estimate of drug-likeness (QED) is 0.0843. The standard InChI is InChI=1S/C31H56O7/c1-30(2,3)37-28(35)22-20-18-16-14-12-10-8-7-9-11-13-15-17-19-21-26(32)25(23-24-27(33)34)29(36)38-31(4,5)6/h25H,7-24H2,1-6H3,(H,33,34)/t25-/m0/s1. The molecule has 222 valence electrons. The molecule has 1 atom stereocenters. The number of aliphatic carboxylic acids is 1. The van der Waals surface area contributed by atoms with Crippen LogP contribution in [0.5, 0.6) is 0 Å². The summed E-state index contributed by atoms with van der Waals surface area (Å²) >= 11 is 0. The molecule has 0 aromatic rings. The van der Waals surface area contributed by atoms with Crippen molar-refractivity contribution in [3.05, 3.63) is 0 Å². The maximum absolute atomic E-state index is 12.6. The van der Waals surface area contributed by atoms with Crippen molar-refractivity contribution >= 4 is 23.7 Å². The molecule has 0 aliphatic rings. The van der Waals surface area contributed by atoms with E-state index in [-0.39, 0.29) is 24.6 Å². The number of ether oxygens (including phenoxy) is 2. The molecule has 0 fully saturated rings. The topological polar surface area (TPSA) is 107 Å². The lowest BCUT2D eigenvalue weighted by Gasteiger charge is -2.23. The van der Waals surface area contributed by atoms with Gasteiger partial charge in [-0.2, -0.15) is 0 Å². The molecule has 38 heavy (non-hydrogen) atoms. The fraction of sp³-hybridized carbons (Fsp3) is 0.871. The van der Waals surface area contributed by atoms with E-state index in [1.165, 1.54) is 51.4 Å². The van der Waals surface area contributed by atoms with Gasteiger partial charge in [-0.15, -0.1) is 0 Å². The molecule has 0 radical (unpaired) electrons. The van der Waals surface area contributed by atoms with E-state index in [0.717, 1.165) is 38.5 Å². The lowest BCUT2D eigenvalue weighted by molar-refractivity contribution is -0.162. The molecular formula is C31H56O7. The summed E-state index contributed by atoms with van der Waals surface area (Å²) < 4.78 is 10.7. The Morgan fingerprint density at radius 2 is 0.921 bits per heavy atom. The van der Waals surface area contributed by atoms with Crippen LogP contribution in [-0.4, -0.2) is 40.0 Å². The fourth-order valence-electron chi connectivity index (χ4n) is 4.31. The summed E-state index contributed by atoms with van der Waals surface area (Å²) in [7, 11) is 0. The van der Waals surface area contributed by atoms with Gasteiger partial charge in [-0.25, -0.2) is 0 Å². The molecule has 0 spiro atoms. The molecule has 0 saturated heterocycles. The van der Waals surface area contributed by atoms with Crippen molar-refractivity contribution in [3.8, 4) is 0 Å². The van der Waals surface area contributed by atoms with Crippen LogP contribution in [0.3, 0.4) is 0 Å². The van der Waals surface area contributed by atoms with E-state index in [0.29, 0.717) is 12.8 Å². The van der Waals surface area contributed by atoms with Crippen LogP contribution in [0.1, 0.15) is 157 Å². The van der Waals surface area contributed by atoms with Gasteiger partial charge in [-0.3, -0.25) is 19.2 Å². The lowest BCUT2D eigenvalue weighted by atomic mass is 9.94. The molecular weight excluding hydrogens is 484 g/mol. The first kappa shape index (κ1) is 36.1. The number of ketones is 1. The van der Waals surface area contributed by atoms with Crippen molar-refractivity contribution in [2.24, 2.45) is 5.92 Å². The van der Waals surface area contributed by atoms with Crippen LogP contribution in [-0.2, 0) is 28.7 Å². The second kappa shape index (κ2) is 20.0. The summed E-state index contributed by atoms with van der Waals surface area (Å²) in [5.74, 6) is -2.91. The van der Waals surface area contributed by atoms with Gasteiger partial charge >= 0.3 is 17.9 Å². The number of rotatable bonds is 22. The Labute approximate surface area is 231 Å². The molecule has 0 saturated carbocycles. The Bertz CT molecular complexity index is 685. The highest BCUT2D eigenvalue weighted by Crippen LogP contribution is 2.20.